The zero-order chi connectivity index (χ0) is 12.3. The van der Waals surface area contributed by atoms with Gasteiger partial charge in [0.25, 0.3) is 5.56 Å². The highest BCUT2D eigenvalue weighted by Gasteiger charge is 2.20. The normalized spacial score (nSPS) is 17.4. The van der Waals surface area contributed by atoms with Crippen LogP contribution in [0.5, 0.6) is 0 Å². The molecule has 1 saturated heterocycles. The first-order valence-corrected chi connectivity index (χ1v) is 6.11. The van der Waals surface area contributed by atoms with E-state index in [0.29, 0.717) is 6.10 Å². The largest absolute Gasteiger partial charge is 0.381 e. The Labute approximate surface area is 101 Å². The van der Waals surface area contributed by atoms with Crippen molar-refractivity contribution in [2.24, 2.45) is 0 Å². The Balaban J connectivity index is 2.12. The summed E-state index contributed by atoms with van der Waals surface area (Å²) in [7, 11) is 1.75. The van der Waals surface area contributed by atoms with E-state index in [2.05, 4.69) is 14.9 Å². The highest BCUT2D eigenvalue weighted by molar-refractivity contribution is 5.37. The van der Waals surface area contributed by atoms with Gasteiger partial charge in [0, 0.05) is 32.7 Å². The molecule has 5 nitrogen and oxygen atoms in total. The summed E-state index contributed by atoms with van der Waals surface area (Å²) < 4.78 is 5.33. The van der Waals surface area contributed by atoms with Crippen LogP contribution in [0.2, 0.25) is 0 Å². The predicted molar refractivity (Wildman–Crippen MR) is 66.5 cm³/mol. The van der Waals surface area contributed by atoms with Gasteiger partial charge in [-0.15, -0.1) is 0 Å². The molecular weight excluding hydrogens is 218 g/mol. The molecule has 0 radical (unpaired) electrons. The summed E-state index contributed by atoms with van der Waals surface area (Å²) in [6.07, 6.45) is 3.08. The van der Waals surface area contributed by atoms with Gasteiger partial charge in [-0.05, 0) is 12.8 Å². The lowest BCUT2D eigenvalue weighted by Crippen LogP contribution is -2.37. The molecule has 0 atom stereocenters. The fraction of sp³-hybridized carbons (Fsp3) is 0.667. The van der Waals surface area contributed by atoms with Crippen molar-refractivity contribution in [2.75, 3.05) is 25.1 Å². The molecule has 1 aromatic rings. The average Bonchev–Trinajstić information content (AvgIpc) is 2.38. The zero-order valence-corrected chi connectivity index (χ0v) is 10.4. The maximum Gasteiger partial charge on any atom is 0.252 e. The topological polar surface area (TPSA) is 58.2 Å². The molecule has 0 unspecified atom stereocenters. The molecule has 0 aromatic carbocycles. The van der Waals surface area contributed by atoms with E-state index in [9.17, 15) is 4.79 Å². The molecule has 2 heterocycles. The first kappa shape index (κ1) is 12.1. The molecule has 5 heteroatoms. The number of aromatic amines is 1. The van der Waals surface area contributed by atoms with E-state index in [1.165, 1.54) is 0 Å². The highest BCUT2D eigenvalue weighted by atomic mass is 16.5. The summed E-state index contributed by atoms with van der Waals surface area (Å²) >= 11 is 0. The average molecular weight is 237 g/mol. The minimum absolute atomic E-state index is 0.0688. The van der Waals surface area contributed by atoms with Crippen LogP contribution in [-0.2, 0) is 11.2 Å². The standard InChI is InChI=1S/C12H19N3O2/c1-3-10-13-11(8-12(16)14-10)15-6-4-9(17-2)5-7-15/h8-9H,3-7H2,1-2H3,(H,13,14,16). The Morgan fingerprint density at radius 1 is 1.53 bits per heavy atom. The summed E-state index contributed by atoms with van der Waals surface area (Å²) in [6, 6.07) is 1.58. The van der Waals surface area contributed by atoms with E-state index < -0.39 is 0 Å². The zero-order valence-electron chi connectivity index (χ0n) is 10.4. The van der Waals surface area contributed by atoms with Crippen molar-refractivity contribution in [2.45, 2.75) is 32.3 Å². The van der Waals surface area contributed by atoms with Crippen molar-refractivity contribution >= 4 is 5.82 Å². The molecule has 0 spiro atoms. The molecule has 2 rings (SSSR count). The lowest BCUT2D eigenvalue weighted by Gasteiger charge is -2.32. The molecule has 1 aromatic heterocycles. The van der Waals surface area contributed by atoms with Gasteiger partial charge in [0.05, 0.1) is 6.10 Å². The minimum atomic E-state index is -0.0688. The molecule has 17 heavy (non-hydrogen) atoms. The predicted octanol–water partition coefficient (Wildman–Crippen LogP) is 0.948. The van der Waals surface area contributed by atoms with Gasteiger partial charge >= 0.3 is 0 Å². The van der Waals surface area contributed by atoms with Crippen LogP contribution < -0.4 is 10.5 Å². The molecule has 0 bridgehead atoms. The van der Waals surface area contributed by atoms with Crippen molar-refractivity contribution in [1.82, 2.24) is 9.97 Å². The van der Waals surface area contributed by atoms with E-state index in [4.69, 9.17) is 4.74 Å². The summed E-state index contributed by atoms with van der Waals surface area (Å²) in [6.45, 7) is 3.79. The van der Waals surface area contributed by atoms with Gasteiger partial charge in [0.1, 0.15) is 11.6 Å². The number of hydrogen-bond acceptors (Lipinski definition) is 4. The number of piperidine rings is 1. The maximum atomic E-state index is 11.5. The number of ether oxygens (including phenoxy) is 1. The summed E-state index contributed by atoms with van der Waals surface area (Å²) in [5.74, 6) is 1.54. The number of nitrogens with one attached hydrogen (secondary N) is 1. The lowest BCUT2D eigenvalue weighted by atomic mass is 10.1. The van der Waals surface area contributed by atoms with Crippen LogP contribution in [0.3, 0.4) is 0 Å². The van der Waals surface area contributed by atoms with Crippen LogP contribution >= 0.6 is 0 Å². The Kier molecular flexibility index (Phi) is 3.78. The van der Waals surface area contributed by atoms with E-state index >= 15 is 0 Å². The number of nitrogens with zero attached hydrogens (tertiary/aromatic N) is 2. The molecule has 0 amide bonds. The summed E-state index contributed by atoms with van der Waals surface area (Å²) in [4.78, 5) is 20.8. The third kappa shape index (κ3) is 2.85. The van der Waals surface area contributed by atoms with Gasteiger partial charge in [-0.25, -0.2) is 4.98 Å². The smallest absolute Gasteiger partial charge is 0.252 e. The molecule has 1 fully saturated rings. The fourth-order valence-corrected chi connectivity index (χ4v) is 2.14. The molecular formula is C12H19N3O2. The highest BCUT2D eigenvalue weighted by Crippen LogP contribution is 2.18. The SMILES string of the molecule is CCc1nc(N2CCC(OC)CC2)cc(=O)[nH]1. The molecule has 1 aliphatic rings. The van der Waals surface area contributed by atoms with E-state index in [1.54, 1.807) is 13.2 Å². The lowest BCUT2D eigenvalue weighted by molar-refractivity contribution is 0.0818. The van der Waals surface area contributed by atoms with Crippen LogP contribution in [0.4, 0.5) is 5.82 Å². The quantitative estimate of drug-likeness (QED) is 0.850. The molecule has 1 N–H and O–H groups in total. The van der Waals surface area contributed by atoms with Crippen molar-refractivity contribution in [3.05, 3.63) is 22.2 Å². The number of aryl methyl sites for hydroxylation is 1. The fourth-order valence-electron chi connectivity index (χ4n) is 2.14. The van der Waals surface area contributed by atoms with E-state index in [0.717, 1.165) is 44.0 Å². The summed E-state index contributed by atoms with van der Waals surface area (Å²) in [5.41, 5.74) is -0.0688. The van der Waals surface area contributed by atoms with Gasteiger partial charge in [-0.1, -0.05) is 6.92 Å². The first-order valence-electron chi connectivity index (χ1n) is 6.11. The van der Waals surface area contributed by atoms with Gasteiger partial charge in [-0.3, -0.25) is 4.79 Å². The maximum absolute atomic E-state index is 11.5. The van der Waals surface area contributed by atoms with Crippen LogP contribution in [0.15, 0.2) is 10.9 Å². The van der Waals surface area contributed by atoms with E-state index in [-0.39, 0.29) is 5.56 Å². The van der Waals surface area contributed by atoms with Gasteiger partial charge in [-0.2, -0.15) is 0 Å². The van der Waals surface area contributed by atoms with Gasteiger partial charge < -0.3 is 14.6 Å². The van der Waals surface area contributed by atoms with Gasteiger partial charge in [0.15, 0.2) is 0 Å². The molecule has 94 valence electrons. The number of methoxy groups -OCH3 is 1. The first-order chi connectivity index (χ1) is 8.22. The number of hydrogen-bond donors (Lipinski definition) is 1. The molecule has 1 aliphatic heterocycles. The number of anilines is 1. The number of H-pyrrole nitrogens is 1. The van der Waals surface area contributed by atoms with E-state index in [1.807, 2.05) is 6.92 Å². The van der Waals surface area contributed by atoms with Crippen LogP contribution in [0.1, 0.15) is 25.6 Å². The van der Waals surface area contributed by atoms with Crippen LogP contribution in [-0.4, -0.2) is 36.3 Å². The monoisotopic (exact) mass is 237 g/mol. The Morgan fingerprint density at radius 3 is 2.82 bits per heavy atom. The van der Waals surface area contributed by atoms with Crippen molar-refractivity contribution in [1.29, 1.82) is 0 Å². The van der Waals surface area contributed by atoms with Crippen molar-refractivity contribution in [3.63, 3.8) is 0 Å². The van der Waals surface area contributed by atoms with Crippen molar-refractivity contribution in [3.8, 4) is 0 Å². The third-order valence-electron chi connectivity index (χ3n) is 3.21. The second-order valence-corrected chi connectivity index (χ2v) is 4.33. The van der Waals surface area contributed by atoms with Crippen LogP contribution in [0.25, 0.3) is 0 Å². The summed E-state index contributed by atoms with van der Waals surface area (Å²) in [5, 5.41) is 0. The number of aromatic nitrogens is 2. The Morgan fingerprint density at radius 2 is 2.24 bits per heavy atom. The Bertz CT molecular complexity index is 422. The second kappa shape index (κ2) is 5.31. The Hall–Kier alpha value is -1.36. The van der Waals surface area contributed by atoms with Gasteiger partial charge in [0.2, 0.25) is 0 Å². The second-order valence-electron chi connectivity index (χ2n) is 4.33. The van der Waals surface area contributed by atoms with Crippen LogP contribution in [0, 0.1) is 0 Å². The molecule has 0 aliphatic carbocycles. The number of rotatable bonds is 3. The third-order valence-corrected chi connectivity index (χ3v) is 3.21. The molecule has 0 saturated carbocycles. The minimum Gasteiger partial charge on any atom is -0.381 e. The van der Waals surface area contributed by atoms with Crippen molar-refractivity contribution < 1.29 is 4.74 Å².